The van der Waals surface area contributed by atoms with Crippen molar-refractivity contribution in [2.75, 3.05) is 24.0 Å². The van der Waals surface area contributed by atoms with E-state index in [-0.39, 0.29) is 0 Å². The number of pyridine rings is 1. The van der Waals surface area contributed by atoms with Gasteiger partial charge in [-0.15, -0.1) is 0 Å². The Balaban J connectivity index is 2.73. The van der Waals surface area contributed by atoms with E-state index in [1.807, 2.05) is 19.2 Å². The summed E-state index contributed by atoms with van der Waals surface area (Å²) < 4.78 is 0. The molecule has 1 unspecified atom stereocenters. The van der Waals surface area contributed by atoms with Crippen molar-refractivity contribution in [1.29, 1.82) is 0 Å². The minimum absolute atomic E-state index is 0.410. The van der Waals surface area contributed by atoms with Gasteiger partial charge in [0, 0.05) is 31.1 Å². The van der Waals surface area contributed by atoms with Crippen LogP contribution < -0.4 is 4.90 Å². The molecule has 0 spiro atoms. The Morgan fingerprint density at radius 2 is 2.33 bits per heavy atom. The van der Waals surface area contributed by atoms with Crippen molar-refractivity contribution in [2.45, 2.75) is 13.0 Å². The number of hydrogen-bond donors (Lipinski definition) is 1. The number of rotatable bonds is 6. The molecule has 98 valence electrons. The number of thioether (sulfide) groups is 1. The normalized spacial score (nSPS) is 12.6. The molecule has 1 aromatic heterocycles. The van der Waals surface area contributed by atoms with Gasteiger partial charge in [0.05, 0.1) is 0 Å². The predicted octanol–water partition coefficient (Wildman–Crippen LogP) is 2.37. The number of nitrogens with zero attached hydrogens (tertiary/aromatic N) is 2. The third-order valence-corrected chi connectivity index (χ3v) is 3.44. The van der Waals surface area contributed by atoms with E-state index in [4.69, 9.17) is 5.11 Å². The minimum atomic E-state index is -0.954. The molecular formula is C13H18N2O2S. The molecule has 0 saturated carbocycles. The number of carboxylic acids is 1. The van der Waals surface area contributed by atoms with Crippen molar-refractivity contribution in [2.24, 2.45) is 0 Å². The fraction of sp³-hybridized carbons (Fsp3) is 0.385. The number of carboxylic acid groups (broad SMARTS) is 1. The summed E-state index contributed by atoms with van der Waals surface area (Å²) in [6, 6.07) is 4.18. The highest BCUT2D eigenvalue weighted by molar-refractivity contribution is 7.98. The zero-order chi connectivity index (χ0) is 13.5. The zero-order valence-electron chi connectivity index (χ0n) is 10.8. The van der Waals surface area contributed by atoms with Gasteiger partial charge in [0.1, 0.15) is 5.82 Å². The van der Waals surface area contributed by atoms with Crippen molar-refractivity contribution in [3.8, 4) is 0 Å². The van der Waals surface area contributed by atoms with Gasteiger partial charge < -0.3 is 10.0 Å². The van der Waals surface area contributed by atoms with Gasteiger partial charge in [0.25, 0.3) is 0 Å². The molecule has 0 saturated heterocycles. The molecule has 18 heavy (non-hydrogen) atoms. The summed E-state index contributed by atoms with van der Waals surface area (Å²) in [7, 11) is 2.01. The second kappa shape index (κ2) is 7.06. The molecule has 0 radical (unpaired) electrons. The van der Waals surface area contributed by atoms with Gasteiger partial charge in [-0.25, -0.2) is 9.78 Å². The molecule has 4 nitrogen and oxygen atoms in total. The van der Waals surface area contributed by atoms with Crippen LogP contribution in [-0.4, -0.2) is 41.2 Å². The van der Waals surface area contributed by atoms with Crippen LogP contribution in [0.25, 0.3) is 6.08 Å². The maximum Gasteiger partial charge on any atom is 0.328 e. The Morgan fingerprint density at radius 1 is 1.61 bits per heavy atom. The Kier molecular flexibility index (Phi) is 5.71. The molecule has 0 amide bonds. The van der Waals surface area contributed by atoms with Crippen LogP contribution in [0.5, 0.6) is 0 Å². The maximum atomic E-state index is 10.4. The van der Waals surface area contributed by atoms with Gasteiger partial charge >= 0.3 is 5.97 Å². The van der Waals surface area contributed by atoms with E-state index >= 15 is 0 Å². The molecule has 1 aromatic rings. The average Bonchev–Trinajstić information content (AvgIpc) is 2.36. The highest BCUT2D eigenvalue weighted by atomic mass is 32.2. The summed E-state index contributed by atoms with van der Waals surface area (Å²) in [6.07, 6.45) is 6.40. The van der Waals surface area contributed by atoms with Gasteiger partial charge in [-0.1, -0.05) is 0 Å². The van der Waals surface area contributed by atoms with Crippen molar-refractivity contribution in [3.63, 3.8) is 0 Å². The van der Waals surface area contributed by atoms with Gasteiger partial charge in [0.15, 0.2) is 0 Å². The lowest BCUT2D eigenvalue weighted by Crippen LogP contribution is -2.31. The first-order chi connectivity index (χ1) is 8.54. The van der Waals surface area contributed by atoms with Crippen molar-refractivity contribution in [1.82, 2.24) is 4.98 Å². The lowest BCUT2D eigenvalue weighted by Gasteiger charge is -2.25. The molecule has 1 heterocycles. The Bertz CT molecular complexity index is 418. The first-order valence-corrected chi connectivity index (χ1v) is 7.02. The van der Waals surface area contributed by atoms with E-state index in [1.54, 1.807) is 18.0 Å². The standard InChI is InChI=1S/C13H18N2O2S/c1-10(9-18-3)15(2)12-6-4-11(8-14-12)5-7-13(16)17/h4-8,10H,9H2,1-3H3,(H,16,17)/b7-5+. The Morgan fingerprint density at radius 3 is 2.83 bits per heavy atom. The average molecular weight is 266 g/mol. The largest absolute Gasteiger partial charge is 0.478 e. The number of aliphatic carboxylic acids is 1. The van der Waals surface area contributed by atoms with E-state index < -0.39 is 5.97 Å². The van der Waals surface area contributed by atoms with Crippen LogP contribution in [0.4, 0.5) is 5.82 Å². The smallest absolute Gasteiger partial charge is 0.328 e. The van der Waals surface area contributed by atoms with Gasteiger partial charge in [-0.2, -0.15) is 11.8 Å². The molecule has 0 aromatic carbocycles. The number of carbonyl (C=O) groups is 1. The van der Waals surface area contributed by atoms with E-state index in [0.29, 0.717) is 6.04 Å². The maximum absolute atomic E-state index is 10.4. The number of anilines is 1. The third kappa shape index (κ3) is 4.41. The molecule has 1 atom stereocenters. The van der Waals surface area contributed by atoms with Crippen molar-refractivity contribution >= 4 is 29.6 Å². The quantitative estimate of drug-likeness (QED) is 0.801. The molecular weight excluding hydrogens is 248 g/mol. The minimum Gasteiger partial charge on any atom is -0.478 e. The second-order valence-corrected chi connectivity index (χ2v) is 4.95. The molecule has 0 fully saturated rings. The summed E-state index contributed by atoms with van der Waals surface area (Å²) >= 11 is 1.80. The summed E-state index contributed by atoms with van der Waals surface area (Å²) in [5, 5.41) is 8.53. The van der Waals surface area contributed by atoms with Crippen LogP contribution in [-0.2, 0) is 4.79 Å². The van der Waals surface area contributed by atoms with Crippen LogP contribution in [0.1, 0.15) is 12.5 Å². The topological polar surface area (TPSA) is 53.4 Å². The monoisotopic (exact) mass is 266 g/mol. The highest BCUT2D eigenvalue weighted by Crippen LogP contribution is 2.15. The van der Waals surface area contributed by atoms with Crippen molar-refractivity contribution < 1.29 is 9.90 Å². The number of hydrogen-bond acceptors (Lipinski definition) is 4. The fourth-order valence-corrected chi connectivity index (χ4v) is 2.16. The summed E-state index contributed by atoms with van der Waals surface area (Å²) in [6.45, 7) is 2.15. The van der Waals surface area contributed by atoms with Crippen LogP contribution in [0, 0.1) is 0 Å². The Hall–Kier alpha value is -1.49. The van der Waals surface area contributed by atoms with Gasteiger partial charge in [-0.3, -0.25) is 0 Å². The lowest BCUT2D eigenvalue weighted by atomic mass is 10.2. The molecule has 0 aliphatic carbocycles. The first-order valence-electron chi connectivity index (χ1n) is 5.63. The lowest BCUT2D eigenvalue weighted by molar-refractivity contribution is -0.131. The van der Waals surface area contributed by atoms with E-state index in [0.717, 1.165) is 23.2 Å². The summed E-state index contributed by atoms with van der Waals surface area (Å²) in [5.74, 6) is 0.979. The van der Waals surface area contributed by atoms with Crippen molar-refractivity contribution in [3.05, 3.63) is 30.0 Å². The predicted molar refractivity (Wildman–Crippen MR) is 77.2 cm³/mol. The van der Waals surface area contributed by atoms with E-state index in [1.165, 1.54) is 6.08 Å². The highest BCUT2D eigenvalue weighted by Gasteiger charge is 2.09. The first kappa shape index (κ1) is 14.6. The summed E-state index contributed by atoms with van der Waals surface area (Å²) in [4.78, 5) is 16.8. The molecule has 5 heteroatoms. The van der Waals surface area contributed by atoms with E-state index in [9.17, 15) is 4.79 Å². The third-order valence-electron chi connectivity index (χ3n) is 2.62. The molecule has 1 N–H and O–H groups in total. The van der Waals surface area contributed by atoms with Crippen LogP contribution in [0.3, 0.4) is 0 Å². The van der Waals surface area contributed by atoms with E-state index in [2.05, 4.69) is 23.1 Å². The molecule has 0 aliphatic heterocycles. The number of aromatic nitrogens is 1. The molecule has 0 aliphatic rings. The Labute approximate surface area is 112 Å². The molecule has 0 bridgehead atoms. The fourth-order valence-electron chi connectivity index (χ4n) is 1.45. The van der Waals surface area contributed by atoms with Crippen LogP contribution >= 0.6 is 11.8 Å². The SMILES string of the molecule is CSCC(C)N(C)c1ccc(/C=C/C(=O)O)cn1. The molecule has 1 rings (SSSR count). The van der Waals surface area contributed by atoms with Crippen LogP contribution in [0.2, 0.25) is 0 Å². The van der Waals surface area contributed by atoms with Gasteiger partial charge in [0.2, 0.25) is 0 Å². The van der Waals surface area contributed by atoms with Gasteiger partial charge in [-0.05, 0) is 37.0 Å². The second-order valence-electron chi connectivity index (χ2n) is 4.04. The zero-order valence-corrected chi connectivity index (χ0v) is 11.6. The summed E-state index contributed by atoms with van der Waals surface area (Å²) in [5.41, 5.74) is 0.784. The van der Waals surface area contributed by atoms with Crippen LogP contribution in [0.15, 0.2) is 24.4 Å².